The van der Waals surface area contributed by atoms with Crippen LogP contribution >= 0.6 is 11.3 Å². The highest BCUT2D eigenvalue weighted by molar-refractivity contribution is 7.09. The van der Waals surface area contributed by atoms with Crippen LogP contribution in [0.15, 0.2) is 5.51 Å². The molecule has 6 nitrogen and oxygen atoms in total. The van der Waals surface area contributed by atoms with E-state index in [4.69, 9.17) is 9.57 Å². The fourth-order valence-electron chi connectivity index (χ4n) is 3.87. The number of hydrogen-bond donors (Lipinski definition) is 0. The third-order valence-electron chi connectivity index (χ3n) is 5.19. The van der Waals surface area contributed by atoms with Crippen molar-refractivity contribution in [2.75, 3.05) is 32.8 Å². The monoisotopic (exact) mass is 337 g/mol. The van der Waals surface area contributed by atoms with Crippen molar-refractivity contribution >= 4 is 17.2 Å². The molecular weight excluding hydrogens is 314 g/mol. The van der Waals surface area contributed by atoms with Crippen molar-refractivity contribution in [2.24, 2.45) is 11.8 Å². The van der Waals surface area contributed by atoms with Crippen LogP contribution in [0.4, 0.5) is 0 Å². The van der Waals surface area contributed by atoms with Crippen LogP contribution in [-0.2, 0) is 20.9 Å². The van der Waals surface area contributed by atoms with Gasteiger partial charge < -0.3 is 4.74 Å². The molecule has 3 fully saturated rings. The summed E-state index contributed by atoms with van der Waals surface area (Å²) in [4.78, 5) is 25.8. The minimum Gasteiger partial charge on any atom is -0.376 e. The highest BCUT2D eigenvalue weighted by Gasteiger charge is 2.44. The average Bonchev–Trinajstić information content (AvgIpc) is 3.27. The summed E-state index contributed by atoms with van der Waals surface area (Å²) in [5.74, 6) is 0.910. The molecule has 0 spiro atoms. The number of rotatable bonds is 4. The zero-order valence-electron chi connectivity index (χ0n) is 13.4. The minimum atomic E-state index is 0.119. The summed E-state index contributed by atoms with van der Waals surface area (Å²) in [5, 5.41) is 1.54. The Morgan fingerprint density at radius 3 is 3.13 bits per heavy atom. The SMILES string of the molecule is Cc1ncsc1CN1C[C@H]2[C@@H](CC(=O)N3CCCO3)CO[C@H]2C1. The van der Waals surface area contributed by atoms with Crippen molar-refractivity contribution in [1.29, 1.82) is 0 Å². The number of aryl methyl sites for hydroxylation is 1. The molecular formula is C16H23N3O3S. The van der Waals surface area contributed by atoms with Gasteiger partial charge in [0, 0.05) is 36.9 Å². The van der Waals surface area contributed by atoms with Gasteiger partial charge in [-0.25, -0.2) is 10.0 Å². The minimum absolute atomic E-state index is 0.119. The number of hydrogen-bond acceptors (Lipinski definition) is 6. The third kappa shape index (κ3) is 3.15. The molecule has 0 bridgehead atoms. The van der Waals surface area contributed by atoms with Crippen molar-refractivity contribution < 1.29 is 14.4 Å². The number of likely N-dealkylation sites (tertiary alicyclic amines) is 1. The number of amides is 1. The summed E-state index contributed by atoms with van der Waals surface area (Å²) in [7, 11) is 0. The van der Waals surface area contributed by atoms with Gasteiger partial charge in [0.05, 0.1) is 37.1 Å². The Balaban J connectivity index is 1.34. The zero-order valence-corrected chi connectivity index (χ0v) is 14.3. The summed E-state index contributed by atoms with van der Waals surface area (Å²) < 4.78 is 5.97. The van der Waals surface area contributed by atoms with Crippen LogP contribution in [0.3, 0.4) is 0 Å². The molecule has 0 radical (unpaired) electrons. The molecule has 3 aliphatic heterocycles. The number of carbonyl (C=O) groups is 1. The van der Waals surface area contributed by atoms with Crippen LogP contribution < -0.4 is 0 Å². The molecule has 0 saturated carbocycles. The number of thiazole rings is 1. The van der Waals surface area contributed by atoms with E-state index in [2.05, 4.69) is 16.8 Å². The lowest BCUT2D eigenvalue weighted by Crippen LogP contribution is -2.31. The smallest absolute Gasteiger partial charge is 0.246 e. The van der Waals surface area contributed by atoms with Gasteiger partial charge in [0.15, 0.2) is 0 Å². The lowest BCUT2D eigenvalue weighted by atomic mass is 9.90. The predicted octanol–water partition coefficient (Wildman–Crippen LogP) is 1.45. The topological polar surface area (TPSA) is 54.9 Å². The molecule has 23 heavy (non-hydrogen) atoms. The van der Waals surface area contributed by atoms with Crippen LogP contribution in [0.5, 0.6) is 0 Å². The van der Waals surface area contributed by atoms with Crippen molar-refractivity contribution in [1.82, 2.24) is 14.9 Å². The summed E-state index contributed by atoms with van der Waals surface area (Å²) in [5.41, 5.74) is 3.04. The third-order valence-corrected chi connectivity index (χ3v) is 6.11. The number of aromatic nitrogens is 1. The normalized spacial score (nSPS) is 31.0. The van der Waals surface area contributed by atoms with E-state index in [1.165, 1.54) is 4.88 Å². The van der Waals surface area contributed by atoms with E-state index in [0.29, 0.717) is 31.5 Å². The molecule has 1 amide bonds. The van der Waals surface area contributed by atoms with E-state index in [9.17, 15) is 4.79 Å². The number of nitrogens with zero attached hydrogens (tertiary/aromatic N) is 3. The second-order valence-corrected chi connectivity index (χ2v) is 7.68. The van der Waals surface area contributed by atoms with E-state index in [1.807, 2.05) is 5.51 Å². The van der Waals surface area contributed by atoms with Gasteiger partial charge in [-0.15, -0.1) is 11.3 Å². The Kier molecular flexibility index (Phi) is 4.36. The maximum Gasteiger partial charge on any atom is 0.246 e. The molecule has 4 heterocycles. The molecule has 3 saturated heterocycles. The van der Waals surface area contributed by atoms with Crippen molar-refractivity contribution in [3.05, 3.63) is 16.1 Å². The summed E-state index contributed by atoms with van der Waals surface area (Å²) >= 11 is 1.72. The maximum atomic E-state index is 12.3. The van der Waals surface area contributed by atoms with E-state index in [1.54, 1.807) is 16.4 Å². The Morgan fingerprint density at radius 2 is 2.39 bits per heavy atom. The van der Waals surface area contributed by atoms with Crippen LogP contribution in [0.2, 0.25) is 0 Å². The van der Waals surface area contributed by atoms with Crippen LogP contribution in [0.1, 0.15) is 23.4 Å². The van der Waals surface area contributed by atoms with Gasteiger partial charge in [-0.3, -0.25) is 14.5 Å². The molecule has 0 aromatic carbocycles. The molecule has 0 aliphatic carbocycles. The molecule has 4 rings (SSSR count). The molecule has 0 unspecified atom stereocenters. The Bertz CT molecular complexity index is 573. The molecule has 1 aromatic heterocycles. The van der Waals surface area contributed by atoms with Gasteiger partial charge in [0.2, 0.25) is 5.91 Å². The highest BCUT2D eigenvalue weighted by Crippen LogP contribution is 2.36. The fourth-order valence-corrected chi connectivity index (χ4v) is 4.69. The standard InChI is InChI=1S/C16H23N3O3S/c1-11-15(23-10-17-11)8-18-6-13-12(9-21-14(13)7-18)5-16(20)19-3-2-4-22-19/h10,12-14H,2-9H2,1H3/t12-,13-,14-/m0/s1. The first-order valence-corrected chi connectivity index (χ1v) is 9.25. The molecule has 0 N–H and O–H groups in total. The van der Waals surface area contributed by atoms with Crippen molar-refractivity contribution in [3.8, 4) is 0 Å². The first-order chi connectivity index (χ1) is 11.2. The largest absolute Gasteiger partial charge is 0.376 e. The summed E-state index contributed by atoms with van der Waals surface area (Å²) in [6.07, 6.45) is 1.77. The summed E-state index contributed by atoms with van der Waals surface area (Å²) in [6.45, 7) is 7.10. The van der Waals surface area contributed by atoms with Crippen LogP contribution in [0.25, 0.3) is 0 Å². The Labute approximate surface area is 140 Å². The number of ether oxygens (including phenoxy) is 1. The lowest BCUT2D eigenvalue weighted by molar-refractivity contribution is -0.170. The zero-order chi connectivity index (χ0) is 15.8. The summed E-state index contributed by atoms with van der Waals surface area (Å²) in [6, 6.07) is 0. The highest BCUT2D eigenvalue weighted by atomic mass is 32.1. The van der Waals surface area contributed by atoms with Gasteiger partial charge >= 0.3 is 0 Å². The Hall–Kier alpha value is -1.02. The van der Waals surface area contributed by atoms with Crippen molar-refractivity contribution in [3.63, 3.8) is 0 Å². The molecule has 3 aliphatic rings. The number of fused-ring (bicyclic) bond motifs is 1. The molecule has 1 aromatic rings. The quantitative estimate of drug-likeness (QED) is 0.832. The van der Waals surface area contributed by atoms with E-state index < -0.39 is 0 Å². The van der Waals surface area contributed by atoms with Gasteiger partial charge in [0.25, 0.3) is 0 Å². The molecule has 126 valence electrons. The predicted molar refractivity (Wildman–Crippen MR) is 85.7 cm³/mol. The van der Waals surface area contributed by atoms with Gasteiger partial charge in [-0.1, -0.05) is 0 Å². The van der Waals surface area contributed by atoms with E-state index in [-0.39, 0.29) is 12.0 Å². The van der Waals surface area contributed by atoms with Crippen LogP contribution in [0, 0.1) is 18.8 Å². The Morgan fingerprint density at radius 1 is 1.48 bits per heavy atom. The average molecular weight is 337 g/mol. The van der Waals surface area contributed by atoms with Gasteiger partial charge in [-0.2, -0.15) is 0 Å². The lowest BCUT2D eigenvalue weighted by Gasteiger charge is -2.21. The number of carbonyl (C=O) groups excluding carboxylic acids is 1. The van der Waals surface area contributed by atoms with Gasteiger partial charge in [0.1, 0.15) is 0 Å². The van der Waals surface area contributed by atoms with Crippen molar-refractivity contribution in [2.45, 2.75) is 32.4 Å². The molecule has 3 atom stereocenters. The molecule has 7 heteroatoms. The van der Waals surface area contributed by atoms with Gasteiger partial charge in [-0.05, 0) is 19.3 Å². The number of hydroxylamine groups is 2. The maximum absolute atomic E-state index is 12.3. The second-order valence-electron chi connectivity index (χ2n) is 6.74. The van der Waals surface area contributed by atoms with E-state index >= 15 is 0 Å². The first-order valence-electron chi connectivity index (χ1n) is 8.37. The second kappa shape index (κ2) is 6.47. The fraction of sp³-hybridized carbons (Fsp3) is 0.750. The van der Waals surface area contributed by atoms with Crippen LogP contribution in [-0.4, -0.2) is 59.8 Å². The van der Waals surface area contributed by atoms with E-state index in [0.717, 1.165) is 38.3 Å². The first kappa shape index (κ1) is 15.5.